The standard InChI is InChI=1S/C18H30N4O/c1-4-10-21(11-5-2)17-14-19-16(13-20-17)18(23)22-12-8-7-9-15(22)6-3/h13-15H,4-12H2,1-3H3. The molecule has 1 aliphatic rings. The summed E-state index contributed by atoms with van der Waals surface area (Å²) in [5.41, 5.74) is 0.474. The molecule has 5 nitrogen and oxygen atoms in total. The van der Waals surface area contributed by atoms with E-state index in [1.165, 1.54) is 6.42 Å². The number of anilines is 1. The lowest BCUT2D eigenvalue weighted by Crippen LogP contribution is -2.43. The van der Waals surface area contributed by atoms with Crippen molar-refractivity contribution in [2.24, 2.45) is 0 Å². The quantitative estimate of drug-likeness (QED) is 0.772. The predicted molar refractivity (Wildman–Crippen MR) is 93.8 cm³/mol. The average molecular weight is 318 g/mol. The summed E-state index contributed by atoms with van der Waals surface area (Å²) < 4.78 is 0. The zero-order chi connectivity index (χ0) is 16.7. The number of rotatable bonds is 7. The van der Waals surface area contributed by atoms with Gasteiger partial charge in [-0.2, -0.15) is 0 Å². The van der Waals surface area contributed by atoms with Gasteiger partial charge in [-0.05, 0) is 38.5 Å². The molecular formula is C18H30N4O. The molecule has 1 saturated heterocycles. The molecule has 1 atom stereocenters. The van der Waals surface area contributed by atoms with E-state index in [2.05, 4.69) is 35.6 Å². The Morgan fingerprint density at radius 3 is 2.48 bits per heavy atom. The highest BCUT2D eigenvalue weighted by atomic mass is 16.2. The van der Waals surface area contributed by atoms with Gasteiger partial charge in [0.15, 0.2) is 0 Å². The molecule has 2 heterocycles. The number of carbonyl (C=O) groups is 1. The monoisotopic (exact) mass is 318 g/mol. The molecule has 0 aromatic carbocycles. The van der Waals surface area contributed by atoms with Crippen molar-refractivity contribution in [3.05, 3.63) is 18.1 Å². The Hall–Kier alpha value is -1.65. The lowest BCUT2D eigenvalue weighted by Gasteiger charge is -2.35. The van der Waals surface area contributed by atoms with Gasteiger partial charge >= 0.3 is 0 Å². The van der Waals surface area contributed by atoms with E-state index in [1.54, 1.807) is 12.4 Å². The van der Waals surface area contributed by atoms with Gasteiger partial charge in [0.2, 0.25) is 0 Å². The van der Waals surface area contributed by atoms with Crippen LogP contribution < -0.4 is 4.90 Å². The molecule has 0 spiro atoms. The molecule has 1 aliphatic heterocycles. The lowest BCUT2D eigenvalue weighted by molar-refractivity contribution is 0.0601. The number of carbonyl (C=O) groups excluding carboxylic acids is 1. The third-order valence-electron chi connectivity index (χ3n) is 4.53. The number of aromatic nitrogens is 2. The zero-order valence-electron chi connectivity index (χ0n) is 14.8. The third kappa shape index (κ3) is 4.43. The van der Waals surface area contributed by atoms with Crippen LogP contribution >= 0.6 is 0 Å². The first-order chi connectivity index (χ1) is 11.2. The topological polar surface area (TPSA) is 49.3 Å². The van der Waals surface area contributed by atoms with Crippen molar-refractivity contribution < 1.29 is 4.79 Å². The molecule has 23 heavy (non-hydrogen) atoms. The molecule has 0 aliphatic carbocycles. The summed E-state index contributed by atoms with van der Waals surface area (Å²) in [5, 5.41) is 0. The Morgan fingerprint density at radius 1 is 1.17 bits per heavy atom. The summed E-state index contributed by atoms with van der Waals surface area (Å²) >= 11 is 0. The van der Waals surface area contributed by atoms with Crippen molar-refractivity contribution in [1.82, 2.24) is 14.9 Å². The van der Waals surface area contributed by atoms with Crippen molar-refractivity contribution in [3.63, 3.8) is 0 Å². The minimum Gasteiger partial charge on any atom is -0.355 e. The van der Waals surface area contributed by atoms with Crippen LogP contribution in [0.3, 0.4) is 0 Å². The normalized spacial score (nSPS) is 18.0. The predicted octanol–water partition coefficient (Wildman–Crippen LogP) is 3.51. The molecule has 1 unspecified atom stereocenters. The van der Waals surface area contributed by atoms with E-state index in [0.717, 1.165) is 57.6 Å². The smallest absolute Gasteiger partial charge is 0.274 e. The van der Waals surface area contributed by atoms with E-state index in [1.807, 2.05) is 4.90 Å². The van der Waals surface area contributed by atoms with Crippen LogP contribution in [0.4, 0.5) is 5.82 Å². The molecule has 2 rings (SSSR count). The molecular weight excluding hydrogens is 288 g/mol. The highest BCUT2D eigenvalue weighted by Gasteiger charge is 2.27. The maximum Gasteiger partial charge on any atom is 0.274 e. The SMILES string of the molecule is CCCN(CCC)c1cnc(C(=O)N2CCCCC2CC)cn1. The van der Waals surface area contributed by atoms with Crippen LogP contribution in [-0.2, 0) is 0 Å². The van der Waals surface area contributed by atoms with Crippen molar-refractivity contribution in [1.29, 1.82) is 0 Å². The van der Waals surface area contributed by atoms with Crippen LogP contribution in [0.15, 0.2) is 12.4 Å². The van der Waals surface area contributed by atoms with E-state index in [-0.39, 0.29) is 5.91 Å². The minimum absolute atomic E-state index is 0.0353. The molecule has 1 aromatic heterocycles. The van der Waals surface area contributed by atoms with Crippen LogP contribution in [0.1, 0.15) is 69.8 Å². The lowest BCUT2D eigenvalue weighted by atomic mass is 10.00. The second kappa shape index (κ2) is 8.85. The van der Waals surface area contributed by atoms with Gasteiger partial charge in [0.25, 0.3) is 5.91 Å². The van der Waals surface area contributed by atoms with E-state index < -0.39 is 0 Å². The number of amides is 1. The number of likely N-dealkylation sites (tertiary alicyclic amines) is 1. The van der Waals surface area contributed by atoms with Gasteiger partial charge in [0, 0.05) is 25.7 Å². The van der Waals surface area contributed by atoms with Crippen LogP contribution in [0.25, 0.3) is 0 Å². The molecule has 1 amide bonds. The van der Waals surface area contributed by atoms with Gasteiger partial charge in [0.05, 0.1) is 12.4 Å². The summed E-state index contributed by atoms with van der Waals surface area (Å²) in [4.78, 5) is 25.8. The molecule has 0 radical (unpaired) electrons. The second-order valence-electron chi connectivity index (χ2n) is 6.30. The Bertz CT molecular complexity index is 482. The average Bonchev–Trinajstić information content (AvgIpc) is 2.61. The van der Waals surface area contributed by atoms with Gasteiger partial charge in [0.1, 0.15) is 11.5 Å². The molecule has 1 aromatic rings. The Morgan fingerprint density at radius 2 is 1.91 bits per heavy atom. The maximum absolute atomic E-state index is 12.7. The van der Waals surface area contributed by atoms with Crippen molar-refractivity contribution in [3.8, 4) is 0 Å². The summed E-state index contributed by atoms with van der Waals surface area (Å²) in [6.07, 6.45) is 9.99. The van der Waals surface area contributed by atoms with Gasteiger partial charge in [-0.25, -0.2) is 9.97 Å². The summed E-state index contributed by atoms with van der Waals surface area (Å²) in [6.45, 7) is 9.27. The number of nitrogens with zero attached hydrogens (tertiary/aromatic N) is 4. The minimum atomic E-state index is 0.0353. The first-order valence-corrected chi connectivity index (χ1v) is 9.09. The van der Waals surface area contributed by atoms with Crippen LogP contribution in [0.2, 0.25) is 0 Å². The Kier molecular flexibility index (Phi) is 6.81. The first kappa shape index (κ1) is 17.7. The fourth-order valence-electron chi connectivity index (χ4n) is 3.32. The van der Waals surface area contributed by atoms with Gasteiger partial charge in [-0.1, -0.05) is 20.8 Å². The largest absolute Gasteiger partial charge is 0.355 e. The van der Waals surface area contributed by atoms with Crippen LogP contribution in [0.5, 0.6) is 0 Å². The Balaban J connectivity index is 2.09. The van der Waals surface area contributed by atoms with Crippen molar-refractivity contribution >= 4 is 11.7 Å². The first-order valence-electron chi connectivity index (χ1n) is 9.09. The van der Waals surface area contributed by atoms with Gasteiger partial charge in [-0.3, -0.25) is 4.79 Å². The fraction of sp³-hybridized carbons (Fsp3) is 0.722. The maximum atomic E-state index is 12.7. The Labute approximate surface area is 140 Å². The van der Waals surface area contributed by atoms with Crippen LogP contribution in [0, 0.1) is 0 Å². The van der Waals surface area contributed by atoms with E-state index >= 15 is 0 Å². The number of hydrogen-bond acceptors (Lipinski definition) is 4. The molecule has 5 heteroatoms. The molecule has 0 saturated carbocycles. The van der Waals surface area contributed by atoms with E-state index in [0.29, 0.717) is 11.7 Å². The molecule has 0 bridgehead atoms. The zero-order valence-corrected chi connectivity index (χ0v) is 14.8. The molecule has 128 valence electrons. The number of hydrogen-bond donors (Lipinski definition) is 0. The summed E-state index contributed by atoms with van der Waals surface area (Å²) in [7, 11) is 0. The van der Waals surface area contributed by atoms with E-state index in [4.69, 9.17) is 0 Å². The highest BCUT2D eigenvalue weighted by molar-refractivity contribution is 5.92. The second-order valence-corrected chi connectivity index (χ2v) is 6.30. The highest BCUT2D eigenvalue weighted by Crippen LogP contribution is 2.21. The summed E-state index contributed by atoms with van der Waals surface area (Å²) in [6, 6.07) is 0.356. The van der Waals surface area contributed by atoms with E-state index in [9.17, 15) is 4.79 Å². The molecule has 1 fully saturated rings. The van der Waals surface area contributed by atoms with Crippen molar-refractivity contribution in [2.75, 3.05) is 24.5 Å². The number of piperidine rings is 1. The molecule has 0 N–H and O–H groups in total. The fourth-order valence-corrected chi connectivity index (χ4v) is 3.32. The van der Waals surface area contributed by atoms with Crippen LogP contribution in [-0.4, -0.2) is 46.5 Å². The van der Waals surface area contributed by atoms with Gasteiger partial charge in [-0.15, -0.1) is 0 Å². The third-order valence-corrected chi connectivity index (χ3v) is 4.53. The van der Waals surface area contributed by atoms with Crippen molar-refractivity contribution in [2.45, 2.75) is 65.3 Å². The van der Waals surface area contributed by atoms with Gasteiger partial charge < -0.3 is 9.80 Å². The summed E-state index contributed by atoms with van der Waals surface area (Å²) in [5.74, 6) is 0.907.